The first kappa shape index (κ1) is 18.9. The maximum absolute atomic E-state index is 12.4. The predicted octanol–water partition coefficient (Wildman–Crippen LogP) is 3.84. The zero-order valence-electron chi connectivity index (χ0n) is 15.0. The Hall–Kier alpha value is -2.48. The highest BCUT2D eigenvalue weighted by atomic mass is 16.5. The van der Waals surface area contributed by atoms with E-state index in [1.54, 1.807) is 25.3 Å². The highest BCUT2D eigenvalue weighted by Crippen LogP contribution is 2.29. The Morgan fingerprint density at radius 3 is 2.72 bits per heavy atom. The van der Waals surface area contributed by atoms with Gasteiger partial charge in [0.2, 0.25) is 0 Å². The van der Waals surface area contributed by atoms with Crippen LogP contribution in [-0.4, -0.2) is 25.7 Å². The summed E-state index contributed by atoms with van der Waals surface area (Å²) in [5.74, 6) is 0.943. The predicted molar refractivity (Wildman–Crippen MR) is 97.4 cm³/mol. The molecule has 0 unspecified atom stereocenters. The number of carbonyl (C=O) groups excluding carboxylic acids is 1. The topological polar surface area (TPSA) is 71.3 Å². The fourth-order valence-electron chi connectivity index (χ4n) is 2.93. The van der Waals surface area contributed by atoms with Crippen LogP contribution >= 0.6 is 0 Å². The number of ether oxygens (including phenoxy) is 2. The highest BCUT2D eigenvalue weighted by molar-refractivity contribution is 6.01. The third-order valence-electron chi connectivity index (χ3n) is 4.27. The van der Waals surface area contributed by atoms with Gasteiger partial charge in [0.1, 0.15) is 11.6 Å². The van der Waals surface area contributed by atoms with Crippen LogP contribution in [0, 0.1) is 11.3 Å². The van der Waals surface area contributed by atoms with Crippen molar-refractivity contribution in [3.05, 3.63) is 29.3 Å². The summed E-state index contributed by atoms with van der Waals surface area (Å²) in [6, 6.07) is 7.57. The lowest BCUT2D eigenvalue weighted by Crippen LogP contribution is -2.36. The molecule has 0 saturated heterocycles. The van der Waals surface area contributed by atoms with Crippen molar-refractivity contribution in [2.75, 3.05) is 13.7 Å². The number of carbonyl (C=O) groups is 1. The molecule has 0 radical (unpaired) electrons. The molecule has 1 aliphatic rings. The number of hydrogen-bond acceptors (Lipinski definition) is 4. The molecule has 5 heteroatoms. The van der Waals surface area contributed by atoms with Crippen molar-refractivity contribution in [2.24, 2.45) is 0 Å². The molecule has 1 N–H and O–H groups in total. The summed E-state index contributed by atoms with van der Waals surface area (Å²) in [7, 11) is 1.57. The van der Waals surface area contributed by atoms with E-state index >= 15 is 0 Å². The second kappa shape index (κ2) is 9.73. The molecule has 0 heterocycles. The van der Waals surface area contributed by atoms with Crippen LogP contribution < -0.4 is 14.8 Å². The summed E-state index contributed by atoms with van der Waals surface area (Å²) in [6.45, 7) is 2.65. The van der Waals surface area contributed by atoms with Crippen molar-refractivity contribution in [3.63, 3.8) is 0 Å². The van der Waals surface area contributed by atoms with Gasteiger partial charge in [-0.2, -0.15) is 5.26 Å². The van der Waals surface area contributed by atoms with E-state index in [2.05, 4.69) is 5.32 Å². The molecular weight excluding hydrogens is 316 g/mol. The van der Waals surface area contributed by atoms with Crippen LogP contribution in [0.5, 0.6) is 11.5 Å². The lowest BCUT2D eigenvalue weighted by atomic mass is 9.95. The Bertz CT molecular complexity index is 655. The summed E-state index contributed by atoms with van der Waals surface area (Å²) >= 11 is 0. The molecule has 1 amide bonds. The number of rotatable bonds is 7. The summed E-state index contributed by atoms with van der Waals surface area (Å²) in [5, 5.41) is 12.3. The lowest BCUT2D eigenvalue weighted by molar-refractivity contribution is -0.117. The van der Waals surface area contributed by atoms with E-state index in [9.17, 15) is 10.1 Å². The number of benzene rings is 1. The number of nitrogens with zero attached hydrogens (tertiary/aromatic N) is 1. The molecule has 2 rings (SSSR count). The van der Waals surface area contributed by atoms with E-state index in [1.165, 1.54) is 6.42 Å². The van der Waals surface area contributed by atoms with Crippen LogP contribution in [0.1, 0.15) is 51.0 Å². The largest absolute Gasteiger partial charge is 0.493 e. The van der Waals surface area contributed by atoms with Gasteiger partial charge in [-0.25, -0.2) is 0 Å². The standard InChI is InChI=1S/C20H26N2O3/c1-3-11-25-18-10-9-15(13-19(18)24-2)12-16(14-21)20(23)22-17-7-5-4-6-8-17/h9-10,12-13,17H,3-8,11H2,1-2H3,(H,22,23)/b16-12+. The fourth-order valence-corrected chi connectivity index (χ4v) is 2.93. The second-order valence-electron chi connectivity index (χ2n) is 6.24. The minimum absolute atomic E-state index is 0.106. The number of methoxy groups -OCH3 is 1. The van der Waals surface area contributed by atoms with Gasteiger partial charge in [-0.05, 0) is 43.0 Å². The van der Waals surface area contributed by atoms with Gasteiger partial charge in [-0.1, -0.05) is 32.3 Å². The van der Waals surface area contributed by atoms with Crippen molar-refractivity contribution in [1.29, 1.82) is 5.26 Å². The number of nitriles is 1. The van der Waals surface area contributed by atoms with Gasteiger partial charge in [-0.3, -0.25) is 4.79 Å². The molecule has 1 fully saturated rings. The van der Waals surface area contributed by atoms with E-state index < -0.39 is 0 Å². The van der Waals surface area contributed by atoms with Crippen molar-refractivity contribution in [1.82, 2.24) is 5.32 Å². The number of amides is 1. The SMILES string of the molecule is CCCOc1ccc(/C=C(\C#N)C(=O)NC2CCCCC2)cc1OC. The van der Waals surface area contributed by atoms with Gasteiger partial charge in [0.15, 0.2) is 11.5 Å². The molecular formula is C20H26N2O3. The highest BCUT2D eigenvalue weighted by Gasteiger charge is 2.18. The molecule has 25 heavy (non-hydrogen) atoms. The van der Waals surface area contributed by atoms with E-state index in [1.807, 2.05) is 19.1 Å². The maximum atomic E-state index is 12.4. The Morgan fingerprint density at radius 1 is 1.32 bits per heavy atom. The number of nitrogens with one attached hydrogen (secondary N) is 1. The van der Waals surface area contributed by atoms with Gasteiger partial charge < -0.3 is 14.8 Å². The van der Waals surface area contributed by atoms with Crippen LogP contribution in [-0.2, 0) is 4.79 Å². The minimum Gasteiger partial charge on any atom is -0.493 e. The smallest absolute Gasteiger partial charge is 0.262 e. The maximum Gasteiger partial charge on any atom is 0.262 e. The second-order valence-corrected chi connectivity index (χ2v) is 6.24. The Balaban J connectivity index is 2.12. The Morgan fingerprint density at radius 2 is 2.08 bits per heavy atom. The van der Waals surface area contributed by atoms with Crippen LogP contribution in [0.15, 0.2) is 23.8 Å². The third-order valence-corrected chi connectivity index (χ3v) is 4.27. The van der Waals surface area contributed by atoms with Crippen LogP contribution in [0.3, 0.4) is 0 Å². The van der Waals surface area contributed by atoms with E-state index in [0.29, 0.717) is 18.1 Å². The summed E-state index contributed by atoms with van der Waals surface area (Å²) < 4.78 is 11.0. The molecule has 134 valence electrons. The first-order valence-corrected chi connectivity index (χ1v) is 8.91. The van der Waals surface area contributed by atoms with Gasteiger partial charge in [-0.15, -0.1) is 0 Å². The Labute approximate surface area is 149 Å². The molecule has 1 saturated carbocycles. The third kappa shape index (κ3) is 5.53. The van der Waals surface area contributed by atoms with Crippen molar-refractivity contribution >= 4 is 12.0 Å². The first-order chi connectivity index (χ1) is 12.2. The molecule has 0 bridgehead atoms. The average Bonchev–Trinajstić information content (AvgIpc) is 2.65. The minimum atomic E-state index is -0.306. The zero-order chi connectivity index (χ0) is 18.1. The normalized spacial score (nSPS) is 15.3. The molecule has 0 aromatic heterocycles. The van der Waals surface area contributed by atoms with E-state index in [4.69, 9.17) is 9.47 Å². The summed E-state index contributed by atoms with van der Waals surface area (Å²) in [6.07, 6.45) is 7.96. The molecule has 5 nitrogen and oxygen atoms in total. The van der Waals surface area contributed by atoms with Crippen molar-refractivity contribution < 1.29 is 14.3 Å². The summed E-state index contributed by atoms with van der Waals surface area (Å²) in [5.41, 5.74) is 0.839. The van der Waals surface area contributed by atoms with Gasteiger partial charge in [0.25, 0.3) is 5.91 Å². The quantitative estimate of drug-likeness (QED) is 0.604. The average molecular weight is 342 g/mol. The van der Waals surface area contributed by atoms with Gasteiger partial charge >= 0.3 is 0 Å². The molecule has 0 atom stereocenters. The van der Waals surface area contributed by atoms with Crippen LogP contribution in [0.4, 0.5) is 0 Å². The molecule has 1 aliphatic carbocycles. The molecule has 1 aromatic carbocycles. The first-order valence-electron chi connectivity index (χ1n) is 8.91. The monoisotopic (exact) mass is 342 g/mol. The van der Waals surface area contributed by atoms with Crippen molar-refractivity contribution in [2.45, 2.75) is 51.5 Å². The van der Waals surface area contributed by atoms with Crippen molar-refractivity contribution in [3.8, 4) is 17.6 Å². The van der Waals surface area contributed by atoms with Gasteiger partial charge in [0, 0.05) is 6.04 Å². The van der Waals surface area contributed by atoms with Crippen LogP contribution in [0.25, 0.3) is 6.08 Å². The van der Waals surface area contributed by atoms with Crippen LogP contribution in [0.2, 0.25) is 0 Å². The molecule has 0 spiro atoms. The van der Waals surface area contributed by atoms with E-state index in [0.717, 1.165) is 37.7 Å². The molecule has 1 aromatic rings. The summed E-state index contributed by atoms with van der Waals surface area (Å²) in [4.78, 5) is 12.4. The lowest BCUT2D eigenvalue weighted by Gasteiger charge is -2.22. The Kier molecular flexibility index (Phi) is 7.34. The van der Waals surface area contributed by atoms with Gasteiger partial charge in [0.05, 0.1) is 13.7 Å². The number of hydrogen-bond donors (Lipinski definition) is 1. The zero-order valence-corrected chi connectivity index (χ0v) is 15.0. The fraction of sp³-hybridized carbons (Fsp3) is 0.500. The molecule has 0 aliphatic heterocycles. The van der Waals surface area contributed by atoms with E-state index in [-0.39, 0.29) is 17.5 Å².